The second-order valence-electron chi connectivity index (χ2n) is 7.93. The molecule has 1 heterocycles. The molecule has 4 aromatic rings. The van der Waals surface area contributed by atoms with Crippen LogP contribution in [0.5, 0.6) is 0 Å². The second-order valence-corrected chi connectivity index (χ2v) is 9.13. The molecule has 0 aliphatic heterocycles. The first kappa shape index (κ1) is 23.2. The number of anilines is 1. The van der Waals surface area contributed by atoms with Crippen LogP contribution in [0.4, 0.5) is 5.69 Å². The van der Waals surface area contributed by atoms with Gasteiger partial charge in [0.1, 0.15) is 6.54 Å². The second kappa shape index (κ2) is 9.51. The summed E-state index contributed by atoms with van der Waals surface area (Å²) in [6, 6.07) is 19.0. The highest BCUT2D eigenvalue weighted by molar-refractivity contribution is 7.71. The van der Waals surface area contributed by atoms with Gasteiger partial charge in [0, 0.05) is 22.0 Å². The van der Waals surface area contributed by atoms with Gasteiger partial charge >= 0.3 is 0 Å². The van der Waals surface area contributed by atoms with Crippen LogP contribution >= 0.6 is 35.4 Å². The van der Waals surface area contributed by atoms with Crippen LogP contribution in [0, 0.1) is 25.5 Å². The van der Waals surface area contributed by atoms with E-state index in [0.29, 0.717) is 26.2 Å². The third-order valence-corrected chi connectivity index (χ3v) is 6.21. The molecule has 4 rings (SSSR count). The smallest absolute Gasteiger partial charge is 0.246 e. The van der Waals surface area contributed by atoms with Gasteiger partial charge in [-0.15, -0.1) is 0 Å². The Hall–Kier alpha value is -2.93. The summed E-state index contributed by atoms with van der Waals surface area (Å²) in [5, 5.41) is 8.61. The number of benzene rings is 3. The number of aryl methyl sites for hydroxylation is 3. The van der Waals surface area contributed by atoms with Crippen molar-refractivity contribution >= 4 is 47.0 Å². The third-order valence-electron chi connectivity index (χ3n) is 5.26. The van der Waals surface area contributed by atoms with Crippen LogP contribution in [0.1, 0.15) is 16.7 Å². The molecule has 0 radical (unpaired) electrons. The predicted molar refractivity (Wildman–Crippen MR) is 137 cm³/mol. The Morgan fingerprint density at radius 2 is 1.67 bits per heavy atom. The number of nitrogens with one attached hydrogen (secondary N) is 1. The quantitative estimate of drug-likeness (QED) is 0.304. The highest BCUT2D eigenvalue weighted by Crippen LogP contribution is 2.31. The van der Waals surface area contributed by atoms with Gasteiger partial charge in [-0.05, 0) is 80.5 Å². The molecule has 1 N–H and O–H groups in total. The fraction of sp³-hybridized carbons (Fsp3) is 0.160. The van der Waals surface area contributed by atoms with Gasteiger partial charge < -0.3 is 5.32 Å². The van der Waals surface area contributed by atoms with E-state index < -0.39 is 0 Å². The van der Waals surface area contributed by atoms with Crippen molar-refractivity contribution in [3.63, 3.8) is 0 Å². The van der Waals surface area contributed by atoms with Gasteiger partial charge in [-0.3, -0.25) is 9.36 Å². The maximum atomic E-state index is 12.9. The lowest BCUT2D eigenvalue weighted by atomic mass is 10.1. The van der Waals surface area contributed by atoms with Crippen LogP contribution in [0.15, 0.2) is 60.7 Å². The molecule has 0 saturated heterocycles. The fourth-order valence-corrected chi connectivity index (χ4v) is 4.27. The van der Waals surface area contributed by atoms with Crippen LogP contribution in [-0.4, -0.2) is 20.3 Å². The van der Waals surface area contributed by atoms with Gasteiger partial charge in [0.05, 0.1) is 5.02 Å². The average Bonchev–Trinajstić information content (AvgIpc) is 3.07. The molecule has 0 spiro atoms. The van der Waals surface area contributed by atoms with E-state index in [1.807, 2.05) is 67.8 Å². The van der Waals surface area contributed by atoms with Gasteiger partial charge in [0.15, 0.2) is 5.82 Å². The number of rotatable bonds is 5. The molecule has 0 unspecified atom stereocenters. The van der Waals surface area contributed by atoms with Crippen molar-refractivity contribution in [1.82, 2.24) is 14.3 Å². The molecule has 0 aliphatic rings. The normalized spacial score (nSPS) is 10.9. The van der Waals surface area contributed by atoms with Crippen molar-refractivity contribution in [2.24, 2.45) is 0 Å². The number of halogens is 2. The van der Waals surface area contributed by atoms with Crippen molar-refractivity contribution in [2.45, 2.75) is 27.3 Å². The molecule has 0 bridgehead atoms. The Kier molecular flexibility index (Phi) is 6.70. The lowest BCUT2D eigenvalue weighted by Crippen LogP contribution is -2.20. The predicted octanol–water partition coefficient (Wildman–Crippen LogP) is 6.94. The van der Waals surface area contributed by atoms with Gasteiger partial charge in [0.2, 0.25) is 10.7 Å². The molecule has 8 heteroatoms. The van der Waals surface area contributed by atoms with Gasteiger partial charge in [-0.25, -0.2) is 4.68 Å². The average molecular weight is 497 g/mol. The number of carbonyl (C=O) groups is 1. The standard InChI is InChI=1S/C25H22Cl2N4OS/c1-15-5-9-19(10-6-15)31-24(20-11-8-18(26)13-21(20)27)29-30(25(31)33)14-23(32)28-22-12-16(2)4-7-17(22)3/h4-13H,14H2,1-3H3,(H,28,32). The molecule has 168 valence electrons. The Morgan fingerprint density at radius 1 is 0.970 bits per heavy atom. The molecule has 5 nitrogen and oxygen atoms in total. The summed E-state index contributed by atoms with van der Waals surface area (Å²) in [5.41, 5.74) is 5.43. The van der Waals surface area contributed by atoms with E-state index in [-0.39, 0.29) is 12.5 Å². The monoisotopic (exact) mass is 496 g/mol. The molecular weight excluding hydrogens is 475 g/mol. The van der Waals surface area contributed by atoms with E-state index in [9.17, 15) is 4.79 Å². The molecule has 1 aromatic heterocycles. The maximum Gasteiger partial charge on any atom is 0.246 e. The summed E-state index contributed by atoms with van der Waals surface area (Å²) in [4.78, 5) is 12.9. The lowest BCUT2D eigenvalue weighted by molar-refractivity contribution is -0.116. The minimum absolute atomic E-state index is 0.0384. The first-order chi connectivity index (χ1) is 15.7. The van der Waals surface area contributed by atoms with Gasteiger partial charge in [0.25, 0.3) is 0 Å². The fourth-order valence-electron chi connectivity index (χ4n) is 3.48. The maximum absolute atomic E-state index is 12.9. The zero-order valence-corrected chi connectivity index (χ0v) is 20.7. The van der Waals surface area contributed by atoms with Crippen LogP contribution < -0.4 is 5.32 Å². The minimum Gasteiger partial charge on any atom is -0.324 e. The molecule has 0 atom stereocenters. The lowest BCUT2D eigenvalue weighted by Gasteiger charge is -2.09. The van der Waals surface area contributed by atoms with Gasteiger partial charge in [-0.2, -0.15) is 5.10 Å². The minimum atomic E-state index is -0.220. The van der Waals surface area contributed by atoms with E-state index in [2.05, 4.69) is 10.4 Å². The molecule has 33 heavy (non-hydrogen) atoms. The zero-order chi connectivity index (χ0) is 23.7. The third kappa shape index (κ3) is 5.03. The van der Waals surface area contributed by atoms with Crippen LogP contribution in [0.25, 0.3) is 17.1 Å². The highest BCUT2D eigenvalue weighted by Gasteiger charge is 2.19. The van der Waals surface area contributed by atoms with Crippen LogP contribution in [0.3, 0.4) is 0 Å². The Morgan fingerprint density at radius 3 is 2.36 bits per heavy atom. The van der Waals surface area contributed by atoms with Crippen molar-refractivity contribution in [3.8, 4) is 17.1 Å². The van der Waals surface area contributed by atoms with Crippen molar-refractivity contribution in [1.29, 1.82) is 0 Å². The number of hydrogen-bond acceptors (Lipinski definition) is 3. The summed E-state index contributed by atoms with van der Waals surface area (Å²) < 4.78 is 3.71. The Labute approximate surface area is 207 Å². The van der Waals surface area contributed by atoms with E-state index in [0.717, 1.165) is 28.1 Å². The van der Waals surface area contributed by atoms with Crippen molar-refractivity contribution in [3.05, 3.63) is 92.2 Å². The van der Waals surface area contributed by atoms with E-state index >= 15 is 0 Å². The molecule has 1 amide bonds. The van der Waals surface area contributed by atoms with E-state index in [1.165, 1.54) is 4.68 Å². The molecule has 0 saturated carbocycles. The summed E-state index contributed by atoms with van der Waals surface area (Å²) in [5.74, 6) is 0.312. The number of nitrogens with zero attached hydrogens (tertiary/aromatic N) is 3. The Balaban J connectivity index is 1.76. The SMILES string of the molecule is Cc1ccc(-n2c(-c3ccc(Cl)cc3Cl)nn(CC(=O)Nc3cc(C)ccc3C)c2=S)cc1. The van der Waals surface area contributed by atoms with Crippen molar-refractivity contribution in [2.75, 3.05) is 5.32 Å². The zero-order valence-electron chi connectivity index (χ0n) is 18.4. The van der Waals surface area contributed by atoms with Crippen molar-refractivity contribution < 1.29 is 4.79 Å². The number of amides is 1. The number of carbonyl (C=O) groups excluding carboxylic acids is 1. The van der Waals surface area contributed by atoms with Crippen LogP contribution in [0.2, 0.25) is 10.0 Å². The summed E-state index contributed by atoms with van der Waals surface area (Å²) in [7, 11) is 0. The van der Waals surface area contributed by atoms with Crippen LogP contribution in [-0.2, 0) is 11.3 Å². The molecule has 0 aliphatic carbocycles. The first-order valence-corrected chi connectivity index (χ1v) is 11.5. The molecule has 3 aromatic carbocycles. The summed E-state index contributed by atoms with van der Waals surface area (Å²) in [6.07, 6.45) is 0. The summed E-state index contributed by atoms with van der Waals surface area (Å²) in [6.45, 7) is 5.91. The van der Waals surface area contributed by atoms with E-state index in [1.54, 1.807) is 18.2 Å². The van der Waals surface area contributed by atoms with E-state index in [4.69, 9.17) is 35.4 Å². The largest absolute Gasteiger partial charge is 0.324 e. The number of aromatic nitrogens is 3. The van der Waals surface area contributed by atoms with Gasteiger partial charge in [-0.1, -0.05) is 53.0 Å². The Bertz CT molecular complexity index is 1410. The highest BCUT2D eigenvalue weighted by atomic mass is 35.5. The summed E-state index contributed by atoms with van der Waals surface area (Å²) >= 11 is 18.3. The number of hydrogen-bond donors (Lipinski definition) is 1. The first-order valence-electron chi connectivity index (χ1n) is 10.3. The topological polar surface area (TPSA) is 51.9 Å². The molecule has 0 fully saturated rings. The molecular formula is C25H22Cl2N4OS.